The molecule has 2 heterocycles. The highest BCUT2D eigenvalue weighted by Crippen LogP contribution is 2.37. The van der Waals surface area contributed by atoms with Crippen molar-refractivity contribution in [2.75, 3.05) is 58.4 Å². The molecule has 2 aliphatic rings. The number of anilines is 1. The molecule has 1 aromatic rings. The summed E-state index contributed by atoms with van der Waals surface area (Å²) in [5.74, 6) is 1.13. The Hall–Kier alpha value is -2.03. The lowest BCUT2D eigenvalue weighted by Gasteiger charge is -2.30. The molecule has 0 atom stereocenters. The van der Waals surface area contributed by atoms with E-state index in [1.54, 1.807) is 19.2 Å². The summed E-state index contributed by atoms with van der Waals surface area (Å²) >= 11 is 6.30. The van der Waals surface area contributed by atoms with Crippen LogP contribution in [0.4, 0.5) is 5.69 Å². The van der Waals surface area contributed by atoms with Crippen molar-refractivity contribution >= 4 is 29.1 Å². The van der Waals surface area contributed by atoms with Crippen LogP contribution in [0.25, 0.3) is 0 Å². The molecule has 30 heavy (non-hydrogen) atoms. The third-order valence-electron chi connectivity index (χ3n) is 5.26. The maximum atomic E-state index is 12.5. The number of hydrogen-bond acceptors (Lipinski definition) is 6. The molecular weight excluding hydrogens is 410 g/mol. The molecule has 2 N–H and O–H groups in total. The topological polar surface area (TPSA) is 89.1 Å². The number of carbonyl (C=O) groups excluding carboxylic acids is 2. The Morgan fingerprint density at radius 3 is 2.60 bits per heavy atom. The van der Waals surface area contributed by atoms with Gasteiger partial charge >= 0.3 is 0 Å². The van der Waals surface area contributed by atoms with Gasteiger partial charge in [-0.2, -0.15) is 0 Å². The van der Waals surface area contributed by atoms with Gasteiger partial charge in [0.2, 0.25) is 11.8 Å². The molecule has 2 aliphatic heterocycles. The number of halogens is 1. The lowest BCUT2D eigenvalue weighted by Crippen LogP contribution is -2.43. The van der Waals surface area contributed by atoms with E-state index in [1.165, 1.54) is 0 Å². The standard InChI is InChI=1S/C21H30ClN3O5/c1-28-9-2-6-23-21(27)15-4-7-25(8-5-15)14-20(26)24-17-13-19-18(12-16(17)22)29-10-3-11-30-19/h12-13,15H,2-11,14H2,1H3,(H,23,27)(H,24,26). The van der Waals surface area contributed by atoms with E-state index in [-0.39, 0.29) is 24.3 Å². The minimum atomic E-state index is -0.145. The number of piperidine rings is 1. The maximum absolute atomic E-state index is 12.5. The number of ether oxygens (including phenoxy) is 3. The summed E-state index contributed by atoms with van der Waals surface area (Å²) < 4.78 is 16.3. The van der Waals surface area contributed by atoms with E-state index in [2.05, 4.69) is 15.5 Å². The molecule has 0 aliphatic carbocycles. The van der Waals surface area contributed by atoms with Gasteiger partial charge in [-0.15, -0.1) is 0 Å². The van der Waals surface area contributed by atoms with E-state index >= 15 is 0 Å². The zero-order chi connectivity index (χ0) is 21.3. The molecule has 0 spiro atoms. The van der Waals surface area contributed by atoms with Crippen LogP contribution in [0.5, 0.6) is 11.5 Å². The van der Waals surface area contributed by atoms with Gasteiger partial charge in [-0.25, -0.2) is 0 Å². The number of nitrogens with zero attached hydrogens (tertiary/aromatic N) is 1. The Morgan fingerprint density at radius 2 is 1.90 bits per heavy atom. The quantitative estimate of drug-likeness (QED) is 0.604. The van der Waals surface area contributed by atoms with E-state index in [0.717, 1.165) is 25.7 Å². The van der Waals surface area contributed by atoms with Crippen molar-refractivity contribution in [1.29, 1.82) is 0 Å². The van der Waals surface area contributed by atoms with Gasteiger partial charge in [0, 0.05) is 44.7 Å². The zero-order valence-corrected chi connectivity index (χ0v) is 18.1. The molecule has 0 saturated carbocycles. The van der Waals surface area contributed by atoms with Crippen molar-refractivity contribution in [3.05, 3.63) is 17.2 Å². The van der Waals surface area contributed by atoms with Crippen LogP contribution >= 0.6 is 11.6 Å². The van der Waals surface area contributed by atoms with E-state index in [4.69, 9.17) is 25.8 Å². The Kier molecular flexibility index (Phi) is 8.60. The molecule has 1 saturated heterocycles. The summed E-state index contributed by atoms with van der Waals surface area (Å²) in [5.41, 5.74) is 0.510. The number of methoxy groups -OCH3 is 1. The summed E-state index contributed by atoms with van der Waals surface area (Å²) in [7, 11) is 1.65. The van der Waals surface area contributed by atoms with Crippen molar-refractivity contribution in [2.45, 2.75) is 25.7 Å². The second-order valence-electron chi connectivity index (χ2n) is 7.57. The highest BCUT2D eigenvalue weighted by molar-refractivity contribution is 6.34. The van der Waals surface area contributed by atoms with E-state index in [9.17, 15) is 9.59 Å². The lowest BCUT2D eigenvalue weighted by atomic mass is 9.96. The Bertz CT molecular complexity index is 738. The van der Waals surface area contributed by atoms with E-state index in [1.807, 2.05) is 0 Å². The monoisotopic (exact) mass is 439 g/mol. The molecule has 2 amide bonds. The van der Waals surface area contributed by atoms with E-state index in [0.29, 0.717) is 61.7 Å². The number of nitrogens with one attached hydrogen (secondary N) is 2. The summed E-state index contributed by atoms with van der Waals surface area (Å²) in [6, 6.07) is 3.38. The molecule has 9 heteroatoms. The fourth-order valence-corrected chi connectivity index (χ4v) is 3.80. The molecule has 8 nitrogen and oxygen atoms in total. The molecule has 0 aromatic heterocycles. The first-order valence-electron chi connectivity index (χ1n) is 10.4. The first-order valence-corrected chi connectivity index (χ1v) is 10.8. The number of amides is 2. The van der Waals surface area contributed by atoms with Crippen molar-refractivity contribution in [3.63, 3.8) is 0 Å². The number of benzene rings is 1. The van der Waals surface area contributed by atoms with Crippen LogP contribution in [0.15, 0.2) is 12.1 Å². The molecule has 166 valence electrons. The molecule has 0 bridgehead atoms. The van der Waals surface area contributed by atoms with Gasteiger partial charge in [0.25, 0.3) is 0 Å². The fraction of sp³-hybridized carbons (Fsp3) is 0.619. The second-order valence-corrected chi connectivity index (χ2v) is 7.97. The summed E-state index contributed by atoms with van der Waals surface area (Å²) in [6.45, 7) is 4.09. The van der Waals surface area contributed by atoms with Crippen LogP contribution in [0.1, 0.15) is 25.7 Å². The predicted octanol–water partition coefficient (Wildman–Crippen LogP) is 2.30. The normalized spacial score (nSPS) is 17.3. The molecule has 0 unspecified atom stereocenters. The van der Waals surface area contributed by atoms with Gasteiger partial charge < -0.3 is 24.8 Å². The van der Waals surface area contributed by atoms with Crippen LogP contribution in [-0.4, -0.2) is 69.8 Å². The van der Waals surface area contributed by atoms with Crippen LogP contribution < -0.4 is 20.1 Å². The number of carbonyl (C=O) groups is 2. The van der Waals surface area contributed by atoms with Crippen LogP contribution in [0, 0.1) is 5.92 Å². The van der Waals surface area contributed by atoms with Gasteiger partial charge in [-0.3, -0.25) is 14.5 Å². The maximum Gasteiger partial charge on any atom is 0.238 e. The second kappa shape index (κ2) is 11.4. The van der Waals surface area contributed by atoms with Gasteiger partial charge in [-0.05, 0) is 32.4 Å². The number of likely N-dealkylation sites (tertiary alicyclic amines) is 1. The van der Waals surface area contributed by atoms with Gasteiger partial charge in [0.05, 0.1) is 30.5 Å². The molecule has 1 aromatic carbocycles. The van der Waals surface area contributed by atoms with Gasteiger partial charge in [0.15, 0.2) is 11.5 Å². The number of rotatable bonds is 8. The van der Waals surface area contributed by atoms with Crippen molar-refractivity contribution in [2.24, 2.45) is 5.92 Å². The third-order valence-corrected chi connectivity index (χ3v) is 5.57. The summed E-state index contributed by atoms with van der Waals surface area (Å²) in [4.78, 5) is 26.8. The van der Waals surface area contributed by atoms with Crippen molar-refractivity contribution < 1.29 is 23.8 Å². The molecule has 1 fully saturated rings. The average molecular weight is 440 g/mol. The Labute approximate surface area is 182 Å². The van der Waals surface area contributed by atoms with E-state index < -0.39 is 0 Å². The van der Waals surface area contributed by atoms with Crippen LogP contribution in [0.2, 0.25) is 5.02 Å². The predicted molar refractivity (Wildman–Crippen MR) is 114 cm³/mol. The smallest absolute Gasteiger partial charge is 0.238 e. The van der Waals surface area contributed by atoms with Gasteiger partial charge in [0.1, 0.15) is 0 Å². The highest BCUT2D eigenvalue weighted by atomic mass is 35.5. The summed E-state index contributed by atoms with van der Waals surface area (Å²) in [6.07, 6.45) is 3.10. The third kappa shape index (κ3) is 6.48. The molecule has 3 rings (SSSR count). The minimum absolute atomic E-state index is 0.00281. The lowest BCUT2D eigenvalue weighted by molar-refractivity contribution is -0.126. The van der Waals surface area contributed by atoms with Crippen LogP contribution in [0.3, 0.4) is 0 Å². The zero-order valence-electron chi connectivity index (χ0n) is 17.4. The number of hydrogen-bond donors (Lipinski definition) is 2. The first kappa shape index (κ1) is 22.7. The minimum Gasteiger partial charge on any atom is -0.490 e. The fourth-order valence-electron chi connectivity index (χ4n) is 3.60. The molecule has 0 radical (unpaired) electrons. The van der Waals surface area contributed by atoms with Gasteiger partial charge in [-0.1, -0.05) is 11.6 Å². The highest BCUT2D eigenvalue weighted by Gasteiger charge is 2.26. The van der Waals surface area contributed by atoms with Crippen LogP contribution in [-0.2, 0) is 14.3 Å². The molecular formula is C21H30ClN3O5. The Morgan fingerprint density at radius 1 is 1.20 bits per heavy atom. The van der Waals surface area contributed by atoms with Crippen molar-refractivity contribution in [3.8, 4) is 11.5 Å². The Balaban J connectivity index is 1.44. The number of fused-ring (bicyclic) bond motifs is 1. The summed E-state index contributed by atoms with van der Waals surface area (Å²) in [5, 5.41) is 6.23. The first-order chi connectivity index (χ1) is 14.6. The SMILES string of the molecule is COCCCNC(=O)C1CCN(CC(=O)Nc2cc3c(cc2Cl)OCCCO3)CC1. The van der Waals surface area contributed by atoms with Crippen molar-refractivity contribution in [1.82, 2.24) is 10.2 Å². The average Bonchev–Trinajstić information content (AvgIpc) is 2.96. The largest absolute Gasteiger partial charge is 0.490 e.